The van der Waals surface area contributed by atoms with Crippen LogP contribution in [-0.4, -0.2) is 94.0 Å². The number of hydrogen-bond donors (Lipinski definition) is 1. The van der Waals surface area contributed by atoms with Crippen molar-refractivity contribution >= 4 is 0 Å². The van der Waals surface area contributed by atoms with Crippen LogP contribution in [-0.2, 0) is 67.2 Å². The van der Waals surface area contributed by atoms with Gasteiger partial charge < -0.3 is 52.5 Å². The van der Waals surface area contributed by atoms with Crippen molar-refractivity contribution < 1.29 is 52.5 Å². The molecule has 53 heavy (non-hydrogen) atoms. The Morgan fingerprint density at radius 2 is 1.06 bits per heavy atom. The summed E-state index contributed by atoms with van der Waals surface area (Å²) in [5, 5.41) is 11.5. The molecule has 1 N–H and O–H groups in total. The van der Waals surface area contributed by atoms with E-state index in [1.165, 1.54) is 7.11 Å². The van der Waals surface area contributed by atoms with Gasteiger partial charge >= 0.3 is 0 Å². The molecule has 3 aliphatic rings. The molecule has 0 bridgehead atoms. The summed E-state index contributed by atoms with van der Waals surface area (Å²) < 4.78 is 63.3. The summed E-state index contributed by atoms with van der Waals surface area (Å²) >= 11 is 0. The lowest BCUT2D eigenvalue weighted by atomic mass is 9.96. The number of aliphatic hydroxyl groups is 1. The molecule has 11 atom stereocenters. The fourth-order valence-corrected chi connectivity index (χ4v) is 7.00. The van der Waals surface area contributed by atoms with Gasteiger partial charge in [0.05, 0.1) is 33.0 Å². The molecular formula is C42H48O11. The Labute approximate surface area is 310 Å². The molecule has 0 radical (unpaired) electrons. The standard InChI is InChI=1S/C42H48O11/c1-44-41-34(43)37(36-33(51-41)27-50-40(53-36)31-21-13-6-14-22-31)49-26-32-35(46-23-28-15-7-3-8-16-28)38(47-24-29-17-9-4-10-18-29)39(42(45-2)52-32)48-25-30-19-11-5-12-20-30/h3-22,32-43H,23-27H2,1-2H3/t32-,33-,34+,35-,36-,37+,38+,39-,40?,41+,42+/m1/s1. The molecule has 4 aromatic rings. The predicted molar refractivity (Wildman–Crippen MR) is 192 cm³/mol. The first-order valence-corrected chi connectivity index (χ1v) is 18.1. The molecule has 0 aliphatic carbocycles. The SMILES string of the molecule is CO[C@H]1O[C@@H]2COC(c3ccccc3)O[C@H]2[C@@H](OC[C@H]2O[C@H](OC)[C@H](OCc3ccccc3)[C@@H](OCc3ccccc3)[C@@H]2OCc2ccccc2)[C@@H]1O. The van der Waals surface area contributed by atoms with Gasteiger partial charge in [-0.1, -0.05) is 121 Å². The van der Waals surface area contributed by atoms with Crippen LogP contribution in [0.1, 0.15) is 28.5 Å². The number of fused-ring (bicyclic) bond motifs is 1. The number of hydrogen-bond acceptors (Lipinski definition) is 11. The Balaban J connectivity index is 1.16. The normalized spacial score (nSPS) is 31.5. The predicted octanol–water partition coefficient (Wildman–Crippen LogP) is 5.35. The third kappa shape index (κ3) is 9.40. The minimum Gasteiger partial charge on any atom is -0.385 e. The Hall–Kier alpha value is -3.56. The third-order valence-electron chi connectivity index (χ3n) is 9.74. The highest BCUT2D eigenvalue weighted by atomic mass is 16.8. The van der Waals surface area contributed by atoms with Crippen LogP contribution in [0.2, 0.25) is 0 Å². The van der Waals surface area contributed by atoms with Gasteiger partial charge in [-0.3, -0.25) is 0 Å². The Bertz CT molecular complexity index is 1630. The minimum atomic E-state index is -1.17. The van der Waals surface area contributed by atoms with E-state index < -0.39 is 67.7 Å². The van der Waals surface area contributed by atoms with Gasteiger partial charge in [0.2, 0.25) is 0 Å². The van der Waals surface area contributed by atoms with Crippen LogP contribution < -0.4 is 0 Å². The van der Waals surface area contributed by atoms with Crippen LogP contribution in [0.5, 0.6) is 0 Å². The summed E-state index contributed by atoms with van der Waals surface area (Å²) in [5.74, 6) is 0. The number of rotatable bonds is 15. The van der Waals surface area contributed by atoms with Gasteiger partial charge in [-0.15, -0.1) is 0 Å². The summed E-state index contributed by atoms with van der Waals surface area (Å²) in [4.78, 5) is 0. The van der Waals surface area contributed by atoms with E-state index in [-0.39, 0.29) is 19.8 Å². The molecule has 1 unspecified atom stereocenters. The number of benzene rings is 4. The molecule has 3 saturated heterocycles. The van der Waals surface area contributed by atoms with E-state index >= 15 is 0 Å². The second-order valence-electron chi connectivity index (χ2n) is 13.3. The highest BCUT2D eigenvalue weighted by molar-refractivity contribution is 5.18. The topological polar surface area (TPSA) is 113 Å². The van der Waals surface area contributed by atoms with Crippen molar-refractivity contribution in [1.29, 1.82) is 0 Å². The van der Waals surface area contributed by atoms with Gasteiger partial charge in [-0.05, 0) is 16.7 Å². The van der Waals surface area contributed by atoms with E-state index in [0.717, 1.165) is 22.3 Å². The summed E-state index contributed by atoms with van der Waals surface area (Å²) in [6, 6.07) is 39.4. The Morgan fingerprint density at radius 1 is 0.547 bits per heavy atom. The maximum Gasteiger partial charge on any atom is 0.186 e. The number of aliphatic hydroxyl groups excluding tert-OH is 1. The molecule has 4 aromatic carbocycles. The van der Waals surface area contributed by atoms with Crippen molar-refractivity contribution in [2.75, 3.05) is 27.4 Å². The first-order valence-electron chi connectivity index (χ1n) is 18.1. The van der Waals surface area contributed by atoms with Crippen molar-refractivity contribution in [2.45, 2.75) is 87.5 Å². The summed E-state index contributed by atoms with van der Waals surface area (Å²) in [7, 11) is 3.06. The lowest BCUT2D eigenvalue weighted by Crippen LogP contribution is -2.64. The van der Waals surface area contributed by atoms with Crippen molar-refractivity contribution in [2.24, 2.45) is 0 Å². The van der Waals surface area contributed by atoms with Crippen LogP contribution in [0.4, 0.5) is 0 Å². The number of ether oxygens (including phenoxy) is 10. The molecule has 11 heteroatoms. The fraction of sp³-hybridized carbons (Fsp3) is 0.429. The molecular weight excluding hydrogens is 680 g/mol. The average molecular weight is 729 g/mol. The Kier molecular flexibility index (Phi) is 13.3. The second kappa shape index (κ2) is 18.7. The van der Waals surface area contributed by atoms with Gasteiger partial charge in [0, 0.05) is 19.8 Å². The smallest absolute Gasteiger partial charge is 0.186 e. The maximum atomic E-state index is 11.5. The molecule has 7 rings (SSSR count). The van der Waals surface area contributed by atoms with Crippen molar-refractivity contribution in [3.63, 3.8) is 0 Å². The van der Waals surface area contributed by atoms with Gasteiger partial charge in [0.15, 0.2) is 18.9 Å². The van der Waals surface area contributed by atoms with E-state index in [1.54, 1.807) is 7.11 Å². The van der Waals surface area contributed by atoms with Crippen LogP contribution in [0.25, 0.3) is 0 Å². The third-order valence-corrected chi connectivity index (χ3v) is 9.74. The van der Waals surface area contributed by atoms with Crippen molar-refractivity contribution in [1.82, 2.24) is 0 Å². The summed E-state index contributed by atoms with van der Waals surface area (Å²) in [6.07, 6.45) is -8.39. The number of methoxy groups -OCH3 is 2. The van der Waals surface area contributed by atoms with Gasteiger partial charge in [0.25, 0.3) is 0 Å². The van der Waals surface area contributed by atoms with Gasteiger partial charge in [-0.25, -0.2) is 0 Å². The molecule has 3 aliphatic heterocycles. The molecule has 0 saturated carbocycles. The van der Waals surface area contributed by atoms with Crippen molar-refractivity contribution in [3.05, 3.63) is 144 Å². The molecule has 3 heterocycles. The molecule has 11 nitrogen and oxygen atoms in total. The first kappa shape index (κ1) is 37.7. The molecule has 0 aromatic heterocycles. The van der Waals surface area contributed by atoms with E-state index in [1.807, 2.05) is 121 Å². The quantitative estimate of drug-likeness (QED) is 0.171. The van der Waals surface area contributed by atoms with Crippen LogP contribution in [0.15, 0.2) is 121 Å². The molecule has 282 valence electrons. The van der Waals surface area contributed by atoms with E-state index in [2.05, 4.69) is 0 Å². The van der Waals surface area contributed by atoms with Gasteiger partial charge in [-0.2, -0.15) is 0 Å². The van der Waals surface area contributed by atoms with Crippen LogP contribution in [0, 0.1) is 0 Å². The van der Waals surface area contributed by atoms with E-state index in [4.69, 9.17) is 47.4 Å². The first-order chi connectivity index (χ1) is 26.1. The average Bonchev–Trinajstić information content (AvgIpc) is 3.22. The van der Waals surface area contributed by atoms with E-state index in [9.17, 15) is 5.11 Å². The zero-order valence-electron chi connectivity index (χ0n) is 30.0. The zero-order chi connectivity index (χ0) is 36.4. The summed E-state index contributed by atoms with van der Waals surface area (Å²) in [6.45, 7) is 1.12. The maximum absolute atomic E-state index is 11.5. The van der Waals surface area contributed by atoms with Crippen molar-refractivity contribution in [3.8, 4) is 0 Å². The largest absolute Gasteiger partial charge is 0.385 e. The zero-order valence-corrected chi connectivity index (χ0v) is 30.0. The Morgan fingerprint density at radius 3 is 1.60 bits per heavy atom. The fourth-order valence-electron chi connectivity index (χ4n) is 7.00. The molecule has 0 spiro atoms. The minimum absolute atomic E-state index is 0.00246. The lowest BCUT2D eigenvalue weighted by Gasteiger charge is -2.49. The second-order valence-corrected chi connectivity index (χ2v) is 13.3. The van der Waals surface area contributed by atoms with Crippen LogP contribution >= 0.6 is 0 Å². The van der Waals surface area contributed by atoms with Gasteiger partial charge in [0.1, 0.15) is 48.8 Å². The highest BCUT2D eigenvalue weighted by Gasteiger charge is 2.53. The highest BCUT2D eigenvalue weighted by Crippen LogP contribution is 2.37. The summed E-state index contributed by atoms with van der Waals surface area (Å²) in [5.41, 5.74) is 3.83. The molecule has 0 amide bonds. The van der Waals surface area contributed by atoms with Crippen LogP contribution in [0.3, 0.4) is 0 Å². The monoisotopic (exact) mass is 728 g/mol. The lowest BCUT2D eigenvalue weighted by molar-refractivity contribution is -0.369. The molecule has 3 fully saturated rings. The van der Waals surface area contributed by atoms with E-state index in [0.29, 0.717) is 13.2 Å².